The van der Waals surface area contributed by atoms with Crippen LogP contribution in [-0.4, -0.2) is 50.0 Å². The quantitative estimate of drug-likeness (QED) is 0.439. The van der Waals surface area contributed by atoms with Crippen molar-refractivity contribution in [2.45, 2.75) is 45.8 Å². The molecule has 0 unspecified atom stereocenters. The molecule has 2 atom stereocenters. The van der Waals surface area contributed by atoms with Gasteiger partial charge < -0.3 is 10.2 Å². The normalized spacial score (nSPS) is 13.2. The Hall–Kier alpha value is -1.91. The number of amides is 2. The first-order chi connectivity index (χ1) is 15.4. The summed E-state index contributed by atoms with van der Waals surface area (Å²) >= 11 is 6.76. The molecule has 0 radical (unpaired) electrons. The van der Waals surface area contributed by atoms with Gasteiger partial charge in [0, 0.05) is 21.5 Å². The van der Waals surface area contributed by atoms with E-state index in [0.29, 0.717) is 10.2 Å². The van der Waals surface area contributed by atoms with E-state index in [0.717, 1.165) is 27.0 Å². The summed E-state index contributed by atoms with van der Waals surface area (Å²) in [4.78, 5) is 27.7. The monoisotopic (exact) mass is 601 g/mol. The molecule has 7 nitrogen and oxygen atoms in total. The third kappa shape index (κ3) is 7.82. The molecule has 2 aromatic rings. The van der Waals surface area contributed by atoms with Crippen molar-refractivity contribution in [3.63, 3.8) is 0 Å². The van der Waals surface area contributed by atoms with Gasteiger partial charge in [0.2, 0.25) is 21.8 Å². The number of benzene rings is 2. The summed E-state index contributed by atoms with van der Waals surface area (Å²) in [7, 11) is -3.77. The van der Waals surface area contributed by atoms with E-state index in [2.05, 4.69) is 37.2 Å². The predicted octanol–water partition coefficient (Wildman–Crippen LogP) is 4.31. The second kappa shape index (κ2) is 12.0. The molecule has 0 fully saturated rings. The van der Waals surface area contributed by atoms with Crippen LogP contribution >= 0.6 is 31.9 Å². The Morgan fingerprint density at radius 2 is 1.64 bits per heavy atom. The highest BCUT2D eigenvalue weighted by Gasteiger charge is 2.31. The van der Waals surface area contributed by atoms with Gasteiger partial charge in [0.15, 0.2) is 0 Å². The summed E-state index contributed by atoms with van der Waals surface area (Å²) < 4.78 is 27.6. The largest absolute Gasteiger partial charge is 0.352 e. The van der Waals surface area contributed by atoms with Gasteiger partial charge in [-0.2, -0.15) is 0 Å². The molecule has 0 spiro atoms. The maximum absolute atomic E-state index is 13.5. The zero-order valence-corrected chi connectivity index (χ0v) is 23.1. The molecule has 33 heavy (non-hydrogen) atoms. The van der Waals surface area contributed by atoms with Crippen LogP contribution in [0.1, 0.15) is 32.8 Å². The highest BCUT2D eigenvalue weighted by molar-refractivity contribution is 9.10. The number of hydrogen-bond acceptors (Lipinski definition) is 4. The SMILES string of the molecule is CC[C@H](C)NC(=O)[C@@H](C)N(Cc1ccc(Br)cc1)C(=O)CN(c1ccccc1Br)S(C)(=O)=O. The van der Waals surface area contributed by atoms with Gasteiger partial charge in [-0.1, -0.05) is 47.1 Å². The minimum atomic E-state index is -3.77. The molecule has 0 saturated heterocycles. The molecule has 0 heterocycles. The first kappa shape index (κ1) is 27.3. The highest BCUT2D eigenvalue weighted by Crippen LogP contribution is 2.28. The summed E-state index contributed by atoms with van der Waals surface area (Å²) in [6, 6.07) is 13.4. The van der Waals surface area contributed by atoms with Crippen molar-refractivity contribution < 1.29 is 18.0 Å². The Morgan fingerprint density at radius 1 is 1.03 bits per heavy atom. The van der Waals surface area contributed by atoms with Crippen molar-refractivity contribution in [1.82, 2.24) is 10.2 Å². The fourth-order valence-electron chi connectivity index (χ4n) is 3.08. The Bertz CT molecular complexity index is 1080. The minimum Gasteiger partial charge on any atom is -0.352 e. The zero-order valence-electron chi connectivity index (χ0n) is 19.1. The molecule has 180 valence electrons. The number of rotatable bonds is 10. The first-order valence-corrected chi connectivity index (χ1v) is 13.9. The molecular weight excluding hydrogens is 574 g/mol. The molecule has 0 aliphatic rings. The summed E-state index contributed by atoms with van der Waals surface area (Å²) in [6.07, 6.45) is 1.81. The number of nitrogens with one attached hydrogen (secondary N) is 1. The van der Waals surface area contributed by atoms with Gasteiger partial charge in [-0.25, -0.2) is 8.42 Å². The molecular formula is C23H29Br2N3O4S. The number of carbonyl (C=O) groups is 2. The predicted molar refractivity (Wildman–Crippen MR) is 138 cm³/mol. The molecule has 0 aliphatic heterocycles. The molecule has 2 amide bonds. The van der Waals surface area contributed by atoms with Gasteiger partial charge in [0.05, 0.1) is 11.9 Å². The van der Waals surface area contributed by atoms with E-state index >= 15 is 0 Å². The van der Waals surface area contributed by atoms with Crippen molar-refractivity contribution in [2.75, 3.05) is 17.1 Å². The van der Waals surface area contributed by atoms with E-state index in [1.807, 2.05) is 38.1 Å². The lowest BCUT2D eigenvalue weighted by Crippen LogP contribution is -2.52. The van der Waals surface area contributed by atoms with Crippen LogP contribution in [0.4, 0.5) is 5.69 Å². The third-order valence-corrected chi connectivity index (χ3v) is 7.56. The highest BCUT2D eigenvalue weighted by atomic mass is 79.9. The Labute approximate surface area is 212 Å². The van der Waals surface area contributed by atoms with Gasteiger partial charge in [0.25, 0.3) is 0 Å². The molecule has 2 aromatic carbocycles. The molecule has 10 heteroatoms. The van der Waals surface area contributed by atoms with Crippen LogP contribution in [0.25, 0.3) is 0 Å². The second-order valence-electron chi connectivity index (χ2n) is 7.86. The second-order valence-corrected chi connectivity index (χ2v) is 11.5. The standard InChI is InChI=1S/C23H29Br2N3O4S/c1-5-16(2)26-23(30)17(3)27(14-18-10-12-19(24)13-11-18)22(29)15-28(33(4,31)32)21-9-7-6-8-20(21)25/h6-13,16-17H,5,14-15H2,1-4H3,(H,26,30)/t16-,17+/m0/s1. The molecule has 2 rings (SSSR count). The Balaban J connectivity index is 2.39. The van der Waals surface area contributed by atoms with E-state index in [-0.39, 0.29) is 18.5 Å². The topological polar surface area (TPSA) is 86.8 Å². The van der Waals surface area contributed by atoms with Crippen LogP contribution < -0.4 is 9.62 Å². The molecule has 1 N–H and O–H groups in total. The van der Waals surface area contributed by atoms with Crippen molar-refractivity contribution >= 4 is 59.4 Å². The van der Waals surface area contributed by atoms with Gasteiger partial charge in [0.1, 0.15) is 12.6 Å². The number of hydrogen-bond donors (Lipinski definition) is 1. The van der Waals surface area contributed by atoms with Crippen LogP contribution in [0.5, 0.6) is 0 Å². The van der Waals surface area contributed by atoms with E-state index in [4.69, 9.17) is 0 Å². The maximum Gasteiger partial charge on any atom is 0.244 e. The Morgan fingerprint density at radius 3 is 2.18 bits per heavy atom. The average Bonchev–Trinajstić information content (AvgIpc) is 2.76. The van der Waals surface area contributed by atoms with Crippen molar-refractivity contribution in [2.24, 2.45) is 0 Å². The lowest BCUT2D eigenvalue weighted by Gasteiger charge is -2.32. The van der Waals surface area contributed by atoms with Gasteiger partial charge in [-0.15, -0.1) is 0 Å². The van der Waals surface area contributed by atoms with Crippen LogP contribution in [0, 0.1) is 0 Å². The number of nitrogens with zero attached hydrogens (tertiary/aromatic N) is 2. The molecule has 0 bridgehead atoms. The van der Waals surface area contributed by atoms with Gasteiger partial charge in [-0.3, -0.25) is 13.9 Å². The lowest BCUT2D eigenvalue weighted by molar-refractivity contribution is -0.139. The zero-order chi connectivity index (χ0) is 24.8. The fraction of sp³-hybridized carbons (Fsp3) is 0.391. The van der Waals surface area contributed by atoms with Crippen molar-refractivity contribution in [3.05, 3.63) is 63.0 Å². The summed E-state index contributed by atoms with van der Waals surface area (Å²) in [5.41, 5.74) is 1.18. The number of sulfonamides is 1. The smallest absolute Gasteiger partial charge is 0.244 e. The number of halogens is 2. The van der Waals surface area contributed by atoms with Gasteiger partial charge in [-0.05, 0) is 66.0 Å². The summed E-state index contributed by atoms with van der Waals surface area (Å²) in [6.45, 7) is 5.23. The summed E-state index contributed by atoms with van der Waals surface area (Å²) in [5, 5.41) is 2.90. The van der Waals surface area contributed by atoms with E-state index in [1.54, 1.807) is 31.2 Å². The summed E-state index contributed by atoms with van der Waals surface area (Å²) in [5.74, 6) is -0.771. The van der Waals surface area contributed by atoms with E-state index < -0.39 is 28.5 Å². The van der Waals surface area contributed by atoms with Crippen LogP contribution in [0.15, 0.2) is 57.5 Å². The fourth-order valence-corrected chi connectivity index (χ4v) is 4.83. The van der Waals surface area contributed by atoms with E-state index in [9.17, 15) is 18.0 Å². The van der Waals surface area contributed by atoms with Crippen LogP contribution in [-0.2, 0) is 26.2 Å². The van der Waals surface area contributed by atoms with Crippen molar-refractivity contribution in [1.29, 1.82) is 0 Å². The third-order valence-electron chi connectivity index (χ3n) is 5.23. The number of anilines is 1. The van der Waals surface area contributed by atoms with Crippen LogP contribution in [0.2, 0.25) is 0 Å². The maximum atomic E-state index is 13.5. The number of para-hydroxylation sites is 1. The molecule has 0 saturated carbocycles. The van der Waals surface area contributed by atoms with Crippen molar-refractivity contribution in [3.8, 4) is 0 Å². The minimum absolute atomic E-state index is 0.0441. The van der Waals surface area contributed by atoms with E-state index in [1.165, 1.54) is 4.90 Å². The lowest BCUT2D eigenvalue weighted by atomic mass is 10.1. The molecule has 0 aromatic heterocycles. The molecule has 0 aliphatic carbocycles. The van der Waals surface area contributed by atoms with Crippen LogP contribution in [0.3, 0.4) is 0 Å². The number of carbonyl (C=O) groups excluding carboxylic acids is 2. The average molecular weight is 603 g/mol. The van der Waals surface area contributed by atoms with Gasteiger partial charge >= 0.3 is 0 Å². The first-order valence-electron chi connectivity index (χ1n) is 10.5. The Kier molecular flexibility index (Phi) is 9.93.